The normalized spacial score (nSPS) is 32.7. The van der Waals surface area contributed by atoms with Crippen molar-refractivity contribution in [2.24, 2.45) is 16.7 Å². The Bertz CT molecular complexity index is 2070. The molecule has 5 N–H and O–H groups in total. The number of aliphatic hydroxyl groups is 4. The number of methoxy groups -OCH3 is 1. The molecule has 13 nitrogen and oxygen atoms in total. The number of esters is 2. The van der Waals surface area contributed by atoms with Crippen LogP contribution in [0.25, 0.3) is 0 Å². The molecule has 3 aromatic carbocycles. The van der Waals surface area contributed by atoms with Crippen LogP contribution in [0.4, 0.5) is 0 Å². The third-order valence-corrected chi connectivity index (χ3v) is 13.1. The van der Waals surface area contributed by atoms with Gasteiger partial charge in [0.05, 0.1) is 35.8 Å². The van der Waals surface area contributed by atoms with E-state index in [9.17, 15) is 39.6 Å². The zero-order valence-electron chi connectivity index (χ0n) is 33.6. The number of carbonyl (C=O) groups excluding carboxylic acids is 4. The molecule has 2 radical (unpaired) electrons. The number of amides is 1. The summed E-state index contributed by atoms with van der Waals surface area (Å²) in [6.07, 6.45) is -9.47. The third-order valence-electron chi connectivity index (χ3n) is 13.1. The molecule has 308 valence electrons. The van der Waals surface area contributed by atoms with Gasteiger partial charge in [-0.05, 0) is 54.8 Å². The molecule has 1 aliphatic heterocycles. The summed E-state index contributed by atoms with van der Waals surface area (Å²) in [7, 11) is 1.29. The van der Waals surface area contributed by atoms with Gasteiger partial charge in [0.1, 0.15) is 29.5 Å². The van der Waals surface area contributed by atoms with Crippen LogP contribution in [-0.4, -0.2) is 106 Å². The van der Waals surface area contributed by atoms with E-state index in [1.807, 2.05) is 0 Å². The van der Waals surface area contributed by atoms with Crippen molar-refractivity contribution in [3.63, 3.8) is 0 Å². The number of hydrogen-bond donors (Lipinski definition) is 5. The van der Waals surface area contributed by atoms with Gasteiger partial charge in [-0.2, -0.15) is 0 Å². The second kappa shape index (κ2) is 18.5. The van der Waals surface area contributed by atoms with E-state index >= 15 is 0 Å². The molecule has 1 saturated heterocycles. The largest absolute Gasteiger partial charge is 0.456 e. The molecular formula is C44H49Ac2NO12. The van der Waals surface area contributed by atoms with Crippen LogP contribution in [0.3, 0.4) is 0 Å². The summed E-state index contributed by atoms with van der Waals surface area (Å²) >= 11 is 0. The number of carbonyl (C=O) groups is 4. The fourth-order valence-electron chi connectivity index (χ4n) is 9.76. The van der Waals surface area contributed by atoms with Gasteiger partial charge in [0.15, 0.2) is 11.9 Å². The Morgan fingerprint density at radius 1 is 0.847 bits per heavy atom. The molecule has 2 saturated carbocycles. The fraction of sp³-hybridized carbons (Fsp3) is 0.455. The SMILES string of the molecule is COC(C(=O)OC1CC2(O)C(OC(=O)c3ccccc3)C3C4(O)COC4CC(O)C3(C)C(=O)C(O)C(=C1C)C2(C)C)C(NC(=O)c1ccccc1)c1ccccc1.[Ac].[Ac]. The predicted octanol–water partition coefficient (Wildman–Crippen LogP) is 3.25. The molecule has 11 atom stereocenters. The fourth-order valence-corrected chi connectivity index (χ4v) is 9.76. The standard InChI is InChI=1S/C44H49NO12.2Ac/c1-24-28(56-40(51)34(54-5)32(25-15-9-6-10-16-25)45-38(49)26-17-11-7-12-18-26)22-44(53)37(57-39(50)27-19-13-8-14-20-27)35-42(4,29(46)21-30-43(35,52)23-55-30)36(48)33(47)31(24)41(44,2)3;;/h6-20,28-30,32-35,37,46-47,52-53H,21-23H2,1-5H3,(H,45,49);;. The summed E-state index contributed by atoms with van der Waals surface area (Å²) in [6, 6.07) is 24.1. The average Bonchev–Trinajstić information content (AvgIpc) is 3.20. The van der Waals surface area contributed by atoms with Crippen molar-refractivity contribution < 1.29 is 147 Å². The first kappa shape index (κ1) is 48.2. The van der Waals surface area contributed by atoms with Gasteiger partial charge in [-0.1, -0.05) is 80.6 Å². The Hall–Kier alpha value is -1.88. The summed E-state index contributed by atoms with van der Waals surface area (Å²) in [4.78, 5) is 56.7. The van der Waals surface area contributed by atoms with Gasteiger partial charge in [0.25, 0.3) is 5.91 Å². The summed E-state index contributed by atoms with van der Waals surface area (Å²) < 4.78 is 23.9. The maximum atomic E-state index is 14.8. The minimum Gasteiger partial charge on any atom is -0.456 e. The monoisotopic (exact) mass is 1240 g/mol. The molecule has 15 heteroatoms. The summed E-state index contributed by atoms with van der Waals surface area (Å²) in [5.41, 5.74) is -6.39. The number of benzene rings is 3. The van der Waals surface area contributed by atoms with E-state index in [-0.39, 0.29) is 118 Å². The maximum absolute atomic E-state index is 14.8. The van der Waals surface area contributed by atoms with Crippen molar-refractivity contribution >= 4 is 23.6 Å². The molecule has 59 heavy (non-hydrogen) atoms. The second-order valence-corrected chi connectivity index (χ2v) is 16.4. The van der Waals surface area contributed by atoms with Crippen LogP contribution in [0.15, 0.2) is 102 Å². The molecule has 2 bridgehead atoms. The Morgan fingerprint density at radius 2 is 1.41 bits per heavy atom. The van der Waals surface area contributed by atoms with E-state index in [1.165, 1.54) is 26.2 Å². The smallest absolute Gasteiger partial charge is 0.338 e. The summed E-state index contributed by atoms with van der Waals surface area (Å²) in [6.45, 7) is 5.87. The molecule has 0 aromatic heterocycles. The molecule has 3 aliphatic carbocycles. The number of fused-ring (bicyclic) bond motifs is 5. The Labute approximate surface area is 414 Å². The summed E-state index contributed by atoms with van der Waals surface area (Å²) in [5.74, 6) is -4.65. The first-order valence-corrected chi connectivity index (χ1v) is 19.1. The molecule has 0 spiro atoms. The molecule has 3 aromatic rings. The van der Waals surface area contributed by atoms with Gasteiger partial charge in [-0.15, -0.1) is 0 Å². The van der Waals surface area contributed by atoms with Gasteiger partial charge in [-0.25, -0.2) is 9.59 Å². The molecule has 4 aliphatic rings. The van der Waals surface area contributed by atoms with Crippen LogP contribution < -0.4 is 5.32 Å². The van der Waals surface area contributed by atoms with Gasteiger partial charge in [-0.3, -0.25) is 9.59 Å². The van der Waals surface area contributed by atoms with Crippen LogP contribution in [0.2, 0.25) is 0 Å². The third kappa shape index (κ3) is 8.14. The number of aliphatic hydroxyl groups excluding tert-OH is 2. The van der Waals surface area contributed by atoms with Crippen molar-refractivity contribution in [2.75, 3.05) is 13.7 Å². The Kier molecular flexibility index (Phi) is 15.1. The number of ketones is 1. The van der Waals surface area contributed by atoms with Crippen molar-refractivity contribution in [1.82, 2.24) is 5.32 Å². The molecule has 7 rings (SSSR count). The van der Waals surface area contributed by atoms with E-state index in [0.717, 1.165) is 0 Å². The number of ether oxygens (including phenoxy) is 4. The van der Waals surface area contributed by atoms with E-state index in [4.69, 9.17) is 18.9 Å². The van der Waals surface area contributed by atoms with Gasteiger partial charge >= 0.3 is 11.9 Å². The van der Waals surface area contributed by atoms with E-state index in [1.54, 1.807) is 99.6 Å². The second-order valence-electron chi connectivity index (χ2n) is 16.4. The van der Waals surface area contributed by atoms with Crippen LogP contribution >= 0.6 is 0 Å². The van der Waals surface area contributed by atoms with E-state index in [0.29, 0.717) is 11.1 Å². The van der Waals surface area contributed by atoms with Crippen LogP contribution in [0, 0.1) is 105 Å². The molecular weight excluding hydrogens is 1190 g/mol. The van der Waals surface area contributed by atoms with E-state index < -0.39 is 101 Å². The zero-order valence-corrected chi connectivity index (χ0v) is 43.1. The van der Waals surface area contributed by atoms with Gasteiger partial charge in [0, 0.05) is 125 Å². The number of nitrogens with one attached hydrogen (secondary N) is 1. The van der Waals surface area contributed by atoms with Crippen molar-refractivity contribution in [1.29, 1.82) is 0 Å². The molecule has 3 fully saturated rings. The first-order valence-electron chi connectivity index (χ1n) is 19.1. The van der Waals surface area contributed by atoms with Crippen molar-refractivity contribution in [3.05, 3.63) is 119 Å². The Balaban J connectivity index is 0.00000331. The minimum atomic E-state index is -2.26. The molecule has 1 heterocycles. The van der Waals surface area contributed by atoms with E-state index in [2.05, 4.69) is 5.32 Å². The first-order chi connectivity index (χ1) is 27.0. The van der Waals surface area contributed by atoms with Gasteiger partial charge in [0.2, 0.25) is 0 Å². The van der Waals surface area contributed by atoms with Crippen LogP contribution in [-0.2, 0) is 28.5 Å². The quantitative estimate of drug-likeness (QED) is 0.155. The number of Topliss-reactive ketones (excluding diaryl/α,β-unsaturated/α-hetero) is 1. The maximum Gasteiger partial charge on any atom is 0.338 e. The van der Waals surface area contributed by atoms with Gasteiger partial charge < -0.3 is 44.7 Å². The Morgan fingerprint density at radius 3 is 1.95 bits per heavy atom. The van der Waals surface area contributed by atoms with Crippen LogP contribution in [0.1, 0.15) is 72.9 Å². The zero-order chi connectivity index (χ0) is 41.1. The summed E-state index contributed by atoms with van der Waals surface area (Å²) in [5, 5.41) is 52.4. The molecule has 11 unspecified atom stereocenters. The molecule has 1 amide bonds. The average molecular weight is 1240 g/mol. The van der Waals surface area contributed by atoms with Crippen molar-refractivity contribution in [3.8, 4) is 0 Å². The van der Waals surface area contributed by atoms with Crippen LogP contribution in [0.5, 0.6) is 0 Å². The van der Waals surface area contributed by atoms with Crippen molar-refractivity contribution in [2.45, 2.75) is 94.4 Å². The minimum absolute atomic E-state index is 0. The predicted molar refractivity (Wildman–Crippen MR) is 203 cm³/mol. The number of hydrogen-bond acceptors (Lipinski definition) is 12. The number of rotatable bonds is 9. The topological polar surface area (TPSA) is 198 Å².